The summed E-state index contributed by atoms with van der Waals surface area (Å²) in [6.07, 6.45) is 0. The third-order valence-electron chi connectivity index (χ3n) is 2.94. The molecular weight excluding hydrogens is 255 g/mol. The molecule has 19 heavy (non-hydrogen) atoms. The molecule has 102 valence electrons. The van der Waals surface area contributed by atoms with Gasteiger partial charge < -0.3 is 4.74 Å². The van der Waals surface area contributed by atoms with Gasteiger partial charge in [-0.15, -0.1) is 0 Å². The van der Waals surface area contributed by atoms with Gasteiger partial charge in [-0.1, -0.05) is 18.2 Å². The van der Waals surface area contributed by atoms with Crippen molar-refractivity contribution in [2.24, 2.45) is 0 Å². The van der Waals surface area contributed by atoms with E-state index in [1.54, 1.807) is 0 Å². The normalized spacial score (nSPS) is 11.6. The maximum absolute atomic E-state index is 5.90. The maximum Gasteiger partial charge on any atom is 0.260 e. The molecule has 0 spiro atoms. The number of para-hydroxylation sites is 1. The van der Waals surface area contributed by atoms with Crippen LogP contribution in [-0.2, 0) is 0 Å². The lowest BCUT2D eigenvalue weighted by atomic mass is 10.3. The Morgan fingerprint density at radius 2 is 1.79 bits per heavy atom. The van der Waals surface area contributed by atoms with Gasteiger partial charge in [0.15, 0.2) is 5.30 Å². The Balaban J connectivity index is 2.63. The van der Waals surface area contributed by atoms with E-state index in [4.69, 9.17) is 4.74 Å². The van der Waals surface area contributed by atoms with Crippen molar-refractivity contribution in [3.05, 3.63) is 36.0 Å². The van der Waals surface area contributed by atoms with Gasteiger partial charge in [-0.05, 0) is 26.0 Å². The van der Waals surface area contributed by atoms with E-state index in [2.05, 4.69) is 44.1 Å². The third kappa shape index (κ3) is 2.82. The van der Waals surface area contributed by atoms with E-state index < -0.39 is 7.26 Å². The number of benzene rings is 1. The first-order chi connectivity index (χ1) is 8.95. The molecule has 0 N–H and O–H groups in total. The summed E-state index contributed by atoms with van der Waals surface area (Å²) in [5.41, 5.74) is 2.13. The molecule has 0 saturated heterocycles. The largest absolute Gasteiger partial charge is 0.475 e. The lowest BCUT2D eigenvalue weighted by molar-refractivity contribution is 0.319. The molecule has 4 heteroatoms. The Kier molecular flexibility index (Phi) is 3.96. The van der Waals surface area contributed by atoms with Crippen molar-refractivity contribution in [1.29, 1.82) is 0 Å². The predicted molar refractivity (Wildman–Crippen MR) is 83.8 cm³/mol. The van der Waals surface area contributed by atoms with E-state index in [1.807, 2.05) is 29.8 Å². The van der Waals surface area contributed by atoms with Crippen molar-refractivity contribution in [1.82, 2.24) is 9.78 Å². The van der Waals surface area contributed by atoms with Gasteiger partial charge in [-0.3, -0.25) is 0 Å². The van der Waals surface area contributed by atoms with Gasteiger partial charge in [-0.25, -0.2) is 0 Å². The van der Waals surface area contributed by atoms with Crippen molar-refractivity contribution >= 4 is 12.6 Å². The first kappa shape index (κ1) is 14.1. The second-order valence-corrected chi connectivity index (χ2v) is 9.90. The Morgan fingerprint density at radius 3 is 2.32 bits per heavy atom. The molecule has 0 fully saturated rings. The van der Waals surface area contributed by atoms with E-state index >= 15 is 0 Å². The van der Waals surface area contributed by atoms with Crippen molar-refractivity contribution in [2.45, 2.75) is 13.8 Å². The Bertz CT molecular complexity index is 556. The Morgan fingerprint density at radius 1 is 1.16 bits per heavy atom. The molecule has 2 aromatic rings. The van der Waals surface area contributed by atoms with E-state index in [-0.39, 0.29) is 0 Å². The fourth-order valence-electron chi connectivity index (χ4n) is 2.28. The highest BCUT2D eigenvalue weighted by molar-refractivity contribution is 7.81. The summed E-state index contributed by atoms with van der Waals surface area (Å²) in [6, 6.07) is 10.2. The van der Waals surface area contributed by atoms with Crippen LogP contribution in [-0.4, -0.2) is 36.4 Å². The fourth-order valence-corrected chi connectivity index (χ4v) is 4.03. The van der Waals surface area contributed by atoms with E-state index in [1.165, 1.54) is 5.30 Å². The topological polar surface area (TPSA) is 27.1 Å². The monoisotopic (exact) mass is 277 g/mol. The van der Waals surface area contributed by atoms with Gasteiger partial charge in [0.25, 0.3) is 5.88 Å². The first-order valence-corrected chi connectivity index (χ1v) is 9.68. The van der Waals surface area contributed by atoms with Crippen LogP contribution in [0.15, 0.2) is 30.3 Å². The quantitative estimate of drug-likeness (QED) is 0.803. The molecule has 0 radical (unpaired) electrons. The van der Waals surface area contributed by atoms with E-state index in [9.17, 15) is 0 Å². The van der Waals surface area contributed by atoms with Crippen LogP contribution in [0.5, 0.6) is 5.88 Å². The third-order valence-corrected chi connectivity index (χ3v) is 4.80. The molecular formula is C15H22N2OP+. The highest BCUT2D eigenvalue weighted by atomic mass is 31.2. The summed E-state index contributed by atoms with van der Waals surface area (Å²) in [5, 5.41) is 5.98. The number of aryl methyl sites for hydroxylation is 1. The van der Waals surface area contributed by atoms with Gasteiger partial charge in [-0.2, -0.15) is 9.78 Å². The smallest absolute Gasteiger partial charge is 0.260 e. The molecule has 1 aromatic heterocycles. The van der Waals surface area contributed by atoms with Crippen molar-refractivity contribution in [2.75, 3.05) is 26.6 Å². The van der Waals surface area contributed by atoms with Crippen molar-refractivity contribution < 1.29 is 4.74 Å². The van der Waals surface area contributed by atoms with Crippen LogP contribution in [0.3, 0.4) is 0 Å². The summed E-state index contributed by atoms with van der Waals surface area (Å²) in [7, 11) is -1.18. The number of hydrogen-bond acceptors (Lipinski definition) is 2. The fraction of sp³-hybridized carbons (Fsp3) is 0.400. The molecule has 2 rings (SSSR count). The molecule has 1 aromatic carbocycles. The molecule has 0 amide bonds. The van der Waals surface area contributed by atoms with Crippen molar-refractivity contribution in [3.63, 3.8) is 0 Å². The molecule has 0 aliphatic rings. The standard InChI is InChI=1S/C15H22N2OP/c1-6-18-15-14(19(3,4)5)12(2)16-17(15)13-10-8-7-9-11-13/h7-11H,6H2,1-5H3/q+1. The molecule has 0 atom stereocenters. The van der Waals surface area contributed by atoms with Gasteiger partial charge in [0.05, 0.1) is 32.3 Å². The van der Waals surface area contributed by atoms with E-state index in [0.29, 0.717) is 6.61 Å². The van der Waals surface area contributed by atoms with Gasteiger partial charge in [0.2, 0.25) is 0 Å². The summed E-state index contributed by atoms with van der Waals surface area (Å²) < 4.78 is 7.83. The zero-order valence-electron chi connectivity index (χ0n) is 12.3. The molecule has 1 heterocycles. The van der Waals surface area contributed by atoms with Crippen LogP contribution >= 0.6 is 7.26 Å². The number of aromatic nitrogens is 2. The van der Waals surface area contributed by atoms with Gasteiger partial charge in [0, 0.05) is 7.26 Å². The highest BCUT2D eigenvalue weighted by Crippen LogP contribution is 2.49. The molecule has 0 bridgehead atoms. The molecule has 0 aliphatic heterocycles. The average Bonchev–Trinajstić information content (AvgIpc) is 2.67. The lowest BCUT2D eigenvalue weighted by Crippen LogP contribution is -2.14. The van der Waals surface area contributed by atoms with Crippen LogP contribution in [0.4, 0.5) is 0 Å². The minimum absolute atomic E-state index is 0.658. The Hall–Kier alpha value is -1.34. The minimum atomic E-state index is -1.18. The zero-order valence-corrected chi connectivity index (χ0v) is 13.2. The van der Waals surface area contributed by atoms with Crippen LogP contribution in [0.1, 0.15) is 12.6 Å². The summed E-state index contributed by atoms with van der Waals surface area (Å²) in [6.45, 7) is 11.6. The lowest BCUT2D eigenvalue weighted by Gasteiger charge is -2.14. The Labute approximate surface area is 115 Å². The number of rotatable bonds is 4. The molecule has 3 nitrogen and oxygen atoms in total. The highest BCUT2D eigenvalue weighted by Gasteiger charge is 2.34. The van der Waals surface area contributed by atoms with Crippen molar-refractivity contribution in [3.8, 4) is 11.6 Å². The SMILES string of the molecule is CCOc1c([P+](C)(C)C)c(C)nn1-c1ccccc1. The molecule has 0 aliphatic carbocycles. The number of ether oxygens (including phenoxy) is 1. The van der Waals surface area contributed by atoms with Crippen LogP contribution in [0.2, 0.25) is 0 Å². The summed E-state index contributed by atoms with van der Waals surface area (Å²) >= 11 is 0. The van der Waals surface area contributed by atoms with Gasteiger partial charge in [0.1, 0.15) is 5.69 Å². The number of nitrogens with zero attached hydrogens (tertiary/aromatic N) is 2. The van der Waals surface area contributed by atoms with Crippen LogP contribution < -0.4 is 10.0 Å². The van der Waals surface area contributed by atoms with E-state index in [0.717, 1.165) is 17.3 Å². The molecule has 0 saturated carbocycles. The first-order valence-electron chi connectivity index (χ1n) is 6.55. The van der Waals surface area contributed by atoms with Crippen LogP contribution in [0.25, 0.3) is 5.69 Å². The second-order valence-electron chi connectivity index (χ2n) is 5.43. The number of hydrogen-bond donors (Lipinski definition) is 0. The maximum atomic E-state index is 5.90. The molecule has 0 unspecified atom stereocenters. The summed E-state index contributed by atoms with van der Waals surface area (Å²) in [5.74, 6) is 0.909. The van der Waals surface area contributed by atoms with Gasteiger partial charge >= 0.3 is 0 Å². The second kappa shape index (κ2) is 5.34. The predicted octanol–water partition coefficient (Wildman–Crippen LogP) is 3.11. The minimum Gasteiger partial charge on any atom is -0.475 e. The van der Waals surface area contributed by atoms with Crippen LogP contribution in [0, 0.1) is 6.92 Å². The summed E-state index contributed by atoms with van der Waals surface area (Å²) in [4.78, 5) is 0. The average molecular weight is 277 g/mol. The zero-order chi connectivity index (χ0) is 14.0.